The van der Waals surface area contributed by atoms with Crippen molar-refractivity contribution in [3.05, 3.63) is 18.2 Å². The summed E-state index contributed by atoms with van der Waals surface area (Å²) in [5.74, 6) is 0.483. The molecule has 1 fully saturated rings. The smallest absolute Gasteiger partial charge is 0.422 e. The van der Waals surface area contributed by atoms with Gasteiger partial charge >= 0.3 is 6.18 Å². The second-order valence-corrected chi connectivity index (χ2v) is 5.39. The molecule has 9 heteroatoms. The second-order valence-electron chi connectivity index (χ2n) is 5.39. The standard InChI is InChI=1S/C15H19F3N2O3.ClH/c1-22-12-5-4-11(6-13(12)23-9-15(16,17)18)20-14(21)8-19-7-10-2-3-10;/h4-6,10,19H,2-3,7-9H2,1H3,(H,20,21);1H. The summed E-state index contributed by atoms with van der Waals surface area (Å²) >= 11 is 0. The molecular formula is C15H20ClF3N2O3. The summed E-state index contributed by atoms with van der Waals surface area (Å²) < 4.78 is 46.4. The van der Waals surface area contributed by atoms with Crippen LogP contribution in [0.1, 0.15) is 12.8 Å². The molecule has 1 amide bonds. The van der Waals surface area contributed by atoms with Crippen molar-refractivity contribution in [2.75, 3.05) is 32.1 Å². The van der Waals surface area contributed by atoms with E-state index in [2.05, 4.69) is 10.6 Å². The SMILES string of the molecule is COc1ccc(NC(=O)CNCC2CC2)cc1OCC(F)(F)F.Cl. The number of benzene rings is 1. The number of amides is 1. The van der Waals surface area contributed by atoms with Gasteiger partial charge in [0.15, 0.2) is 18.1 Å². The topological polar surface area (TPSA) is 59.6 Å². The van der Waals surface area contributed by atoms with E-state index in [0.29, 0.717) is 11.6 Å². The fourth-order valence-electron chi connectivity index (χ4n) is 1.94. The van der Waals surface area contributed by atoms with Crippen molar-refractivity contribution in [1.82, 2.24) is 5.32 Å². The molecule has 0 unspecified atom stereocenters. The molecule has 0 heterocycles. The molecule has 0 radical (unpaired) electrons. The van der Waals surface area contributed by atoms with Gasteiger partial charge in [-0.05, 0) is 37.4 Å². The summed E-state index contributed by atoms with van der Waals surface area (Å²) in [6.45, 7) is -0.471. The van der Waals surface area contributed by atoms with Crippen molar-refractivity contribution in [2.24, 2.45) is 5.92 Å². The van der Waals surface area contributed by atoms with E-state index in [1.165, 1.54) is 38.2 Å². The van der Waals surface area contributed by atoms with Crippen molar-refractivity contribution >= 4 is 24.0 Å². The molecule has 1 aromatic rings. The van der Waals surface area contributed by atoms with Crippen molar-refractivity contribution in [3.63, 3.8) is 0 Å². The van der Waals surface area contributed by atoms with E-state index in [1.807, 2.05) is 0 Å². The van der Waals surface area contributed by atoms with E-state index in [0.717, 1.165) is 6.54 Å². The van der Waals surface area contributed by atoms with Crippen LogP contribution < -0.4 is 20.1 Å². The number of alkyl halides is 3. The zero-order valence-electron chi connectivity index (χ0n) is 13.1. The summed E-state index contributed by atoms with van der Waals surface area (Å²) in [5.41, 5.74) is 0.348. The molecule has 2 N–H and O–H groups in total. The minimum atomic E-state index is -4.45. The first kappa shape index (κ1) is 20.4. The third-order valence-corrected chi connectivity index (χ3v) is 3.25. The lowest BCUT2D eigenvalue weighted by Gasteiger charge is -2.14. The van der Waals surface area contributed by atoms with Crippen LogP contribution in [0.2, 0.25) is 0 Å². The van der Waals surface area contributed by atoms with Crippen molar-refractivity contribution in [2.45, 2.75) is 19.0 Å². The molecule has 0 spiro atoms. The highest BCUT2D eigenvalue weighted by Crippen LogP contribution is 2.31. The number of halogens is 4. The average Bonchev–Trinajstić information content (AvgIpc) is 3.29. The Bertz CT molecular complexity index is 551. The number of rotatable bonds is 8. The molecule has 5 nitrogen and oxygen atoms in total. The lowest BCUT2D eigenvalue weighted by molar-refractivity contribution is -0.153. The zero-order chi connectivity index (χ0) is 16.9. The Hall–Kier alpha value is -1.67. The van der Waals surface area contributed by atoms with Crippen molar-refractivity contribution < 1.29 is 27.4 Å². The van der Waals surface area contributed by atoms with Gasteiger partial charge in [0.2, 0.25) is 5.91 Å². The molecule has 2 rings (SSSR count). The largest absolute Gasteiger partial charge is 0.493 e. The van der Waals surface area contributed by atoms with Crippen LogP contribution >= 0.6 is 12.4 Å². The summed E-state index contributed by atoms with van der Waals surface area (Å²) in [7, 11) is 1.33. The number of ether oxygens (including phenoxy) is 2. The predicted octanol–water partition coefficient (Wildman–Crippen LogP) is 3.00. The summed E-state index contributed by atoms with van der Waals surface area (Å²) in [6.07, 6.45) is -2.07. The van der Waals surface area contributed by atoms with Crippen LogP contribution in [0.5, 0.6) is 11.5 Å². The highest BCUT2D eigenvalue weighted by molar-refractivity contribution is 5.92. The third-order valence-electron chi connectivity index (χ3n) is 3.25. The predicted molar refractivity (Wildman–Crippen MR) is 86.0 cm³/mol. The Labute approximate surface area is 144 Å². The van der Waals surface area contributed by atoms with E-state index in [-0.39, 0.29) is 36.4 Å². The zero-order valence-corrected chi connectivity index (χ0v) is 13.9. The van der Waals surface area contributed by atoms with Crippen LogP contribution in [0.15, 0.2) is 18.2 Å². The van der Waals surface area contributed by atoms with Crippen LogP contribution in [0.25, 0.3) is 0 Å². The van der Waals surface area contributed by atoms with Crippen LogP contribution in [0.4, 0.5) is 18.9 Å². The highest BCUT2D eigenvalue weighted by atomic mass is 35.5. The number of hydrogen-bond donors (Lipinski definition) is 2. The molecule has 0 bridgehead atoms. The number of carbonyl (C=O) groups is 1. The molecule has 0 atom stereocenters. The number of methoxy groups -OCH3 is 1. The Kier molecular flexibility index (Phi) is 7.62. The van der Waals surface area contributed by atoms with Crippen LogP contribution in [-0.4, -0.2) is 38.9 Å². The van der Waals surface area contributed by atoms with Gasteiger partial charge in [0.1, 0.15) is 0 Å². The Morgan fingerprint density at radius 3 is 2.58 bits per heavy atom. The van der Waals surface area contributed by atoms with Gasteiger partial charge in [0, 0.05) is 11.8 Å². The van der Waals surface area contributed by atoms with Gasteiger partial charge in [-0.15, -0.1) is 12.4 Å². The first-order valence-corrected chi connectivity index (χ1v) is 7.25. The molecular weight excluding hydrogens is 349 g/mol. The Morgan fingerprint density at radius 2 is 2.00 bits per heavy atom. The van der Waals surface area contributed by atoms with E-state index in [1.54, 1.807) is 0 Å². The number of hydrogen-bond acceptors (Lipinski definition) is 4. The van der Waals surface area contributed by atoms with E-state index < -0.39 is 12.8 Å². The summed E-state index contributed by atoms with van der Waals surface area (Å²) in [5, 5.41) is 5.64. The monoisotopic (exact) mass is 368 g/mol. The lowest BCUT2D eigenvalue weighted by Crippen LogP contribution is -2.29. The van der Waals surface area contributed by atoms with Crippen molar-refractivity contribution in [1.29, 1.82) is 0 Å². The van der Waals surface area contributed by atoms with Gasteiger partial charge in [-0.1, -0.05) is 0 Å². The first-order valence-electron chi connectivity index (χ1n) is 7.25. The number of carbonyl (C=O) groups excluding carboxylic acids is 1. The fraction of sp³-hybridized carbons (Fsp3) is 0.533. The molecule has 24 heavy (non-hydrogen) atoms. The molecule has 1 aromatic carbocycles. The van der Waals surface area contributed by atoms with Crippen LogP contribution in [0.3, 0.4) is 0 Å². The summed E-state index contributed by atoms with van der Waals surface area (Å²) in [4.78, 5) is 11.8. The van der Waals surface area contributed by atoms with E-state index >= 15 is 0 Å². The Morgan fingerprint density at radius 1 is 1.29 bits per heavy atom. The lowest BCUT2D eigenvalue weighted by atomic mass is 10.2. The maximum absolute atomic E-state index is 12.3. The number of anilines is 1. The minimum Gasteiger partial charge on any atom is -0.493 e. The highest BCUT2D eigenvalue weighted by Gasteiger charge is 2.29. The van der Waals surface area contributed by atoms with Gasteiger partial charge in [-0.2, -0.15) is 13.2 Å². The molecule has 1 saturated carbocycles. The molecule has 0 saturated heterocycles. The summed E-state index contributed by atoms with van der Waals surface area (Å²) in [6, 6.07) is 4.29. The second kappa shape index (κ2) is 8.98. The quantitative estimate of drug-likeness (QED) is 0.740. The van der Waals surface area contributed by atoms with Crippen molar-refractivity contribution in [3.8, 4) is 11.5 Å². The minimum absolute atomic E-state index is 0. The normalized spacial score (nSPS) is 13.8. The van der Waals surface area contributed by atoms with E-state index in [9.17, 15) is 18.0 Å². The molecule has 136 valence electrons. The van der Waals surface area contributed by atoms with Gasteiger partial charge in [-0.3, -0.25) is 4.79 Å². The maximum Gasteiger partial charge on any atom is 0.422 e. The number of nitrogens with one attached hydrogen (secondary N) is 2. The Balaban J connectivity index is 0.00000288. The maximum atomic E-state index is 12.3. The molecule has 1 aliphatic rings. The average molecular weight is 369 g/mol. The fourth-order valence-corrected chi connectivity index (χ4v) is 1.94. The van der Waals surface area contributed by atoms with E-state index in [4.69, 9.17) is 9.47 Å². The first-order chi connectivity index (χ1) is 10.9. The van der Waals surface area contributed by atoms with Crippen LogP contribution in [-0.2, 0) is 4.79 Å². The third kappa shape index (κ3) is 7.27. The molecule has 1 aliphatic carbocycles. The van der Waals surface area contributed by atoms with Gasteiger partial charge < -0.3 is 20.1 Å². The molecule has 0 aliphatic heterocycles. The van der Waals surface area contributed by atoms with Crippen LogP contribution in [0, 0.1) is 5.92 Å². The molecule has 0 aromatic heterocycles. The van der Waals surface area contributed by atoms with Gasteiger partial charge in [-0.25, -0.2) is 0 Å². The van der Waals surface area contributed by atoms with Gasteiger partial charge in [0.25, 0.3) is 0 Å². The van der Waals surface area contributed by atoms with Gasteiger partial charge in [0.05, 0.1) is 13.7 Å².